The quantitative estimate of drug-likeness (QED) is 0.315. The molecular weight excluding hydrogens is 498 g/mol. The summed E-state index contributed by atoms with van der Waals surface area (Å²) in [6.07, 6.45) is 1.26. The largest absolute Gasteiger partial charge is 0.462 e. The van der Waals surface area contributed by atoms with Gasteiger partial charge in [-0.1, -0.05) is 41.9 Å². The lowest BCUT2D eigenvalue weighted by atomic mass is 10.2. The molecule has 3 aromatic carbocycles. The van der Waals surface area contributed by atoms with Crippen LogP contribution in [0.3, 0.4) is 0 Å². The molecule has 4 rings (SSSR count). The third kappa shape index (κ3) is 6.41. The van der Waals surface area contributed by atoms with Gasteiger partial charge in [0.15, 0.2) is 5.17 Å². The van der Waals surface area contributed by atoms with E-state index in [2.05, 4.69) is 10.3 Å². The highest BCUT2D eigenvalue weighted by Crippen LogP contribution is 2.34. The second-order valence-electron chi connectivity index (χ2n) is 7.65. The van der Waals surface area contributed by atoms with Crippen LogP contribution in [0.15, 0.2) is 94.8 Å². The van der Waals surface area contributed by atoms with Gasteiger partial charge in [-0.2, -0.15) is 0 Å². The average Bonchev–Trinajstić information content (AvgIpc) is 3.15. The van der Waals surface area contributed by atoms with E-state index >= 15 is 0 Å². The maximum absolute atomic E-state index is 13.2. The summed E-state index contributed by atoms with van der Waals surface area (Å²) in [6, 6.07) is 22.8. The molecule has 36 heavy (non-hydrogen) atoms. The molecule has 0 bridgehead atoms. The molecule has 1 aliphatic heterocycles. The minimum absolute atomic E-state index is 0.249. The molecule has 7 nitrogen and oxygen atoms in total. The highest BCUT2D eigenvalue weighted by Gasteiger charge is 2.34. The fourth-order valence-electron chi connectivity index (χ4n) is 3.32. The number of carbonyl (C=O) groups excluding carboxylic acids is 3. The molecule has 1 fully saturated rings. The lowest BCUT2D eigenvalue weighted by molar-refractivity contribution is -0.123. The van der Waals surface area contributed by atoms with E-state index in [0.717, 1.165) is 17.3 Å². The summed E-state index contributed by atoms with van der Waals surface area (Å²) in [7, 11) is 0. The molecule has 9 heteroatoms. The Hall–Kier alpha value is -3.88. The fourth-order valence-corrected chi connectivity index (χ4v) is 4.42. The molecule has 1 saturated heterocycles. The van der Waals surface area contributed by atoms with Crippen LogP contribution >= 0.6 is 23.4 Å². The van der Waals surface area contributed by atoms with Crippen LogP contribution in [-0.2, 0) is 20.9 Å². The van der Waals surface area contributed by atoms with E-state index in [1.54, 1.807) is 60.4 Å². The predicted octanol–water partition coefficient (Wildman–Crippen LogP) is 5.80. The van der Waals surface area contributed by atoms with Gasteiger partial charge in [0, 0.05) is 16.8 Å². The van der Waals surface area contributed by atoms with E-state index in [-0.39, 0.29) is 17.4 Å². The Bertz CT molecular complexity index is 1320. The van der Waals surface area contributed by atoms with Gasteiger partial charge in [0.25, 0.3) is 5.91 Å². The van der Waals surface area contributed by atoms with Crippen LogP contribution in [0.1, 0.15) is 22.8 Å². The molecule has 0 unspecified atom stereocenters. The van der Waals surface area contributed by atoms with Crippen molar-refractivity contribution in [3.8, 4) is 0 Å². The molecule has 0 aromatic heterocycles. The number of amides is 2. The van der Waals surface area contributed by atoms with Crippen LogP contribution in [0.5, 0.6) is 0 Å². The van der Waals surface area contributed by atoms with Crippen molar-refractivity contribution in [2.75, 3.05) is 11.9 Å². The van der Waals surface area contributed by atoms with Crippen molar-refractivity contribution in [1.82, 2.24) is 4.90 Å². The summed E-state index contributed by atoms with van der Waals surface area (Å²) in [4.78, 5) is 44.1. The monoisotopic (exact) mass is 519 g/mol. The number of ether oxygens (including phenoxy) is 1. The van der Waals surface area contributed by atoms with Gasteiger partial charge in [-0.05, 0) is 72.8 Å². The molecule has 0 atom stereocenters. The van der Waals surface area contributed by atoms with Gasteiger partial charge >= 0.3 is 5.97 Å². The first-order chi connectivity index (χ1) is 17.4. The maximum atomic E-state index is 13.2. The van der Waals surface area contributed by atoms with E-state index in [0.29, 0.717) is 33.7 Å². The average molecular weight is 520 g/mol. The van der Waals surface area contributed by atoms with E-state index in [1.165, 1.54) is 6.08 Å². The number of halogens is 1. The van der Waals surface area contributed by atoms with Crippen molar-refractivity contribution in [2.24, 2.45) is 4.99 Å². The zero-order chi connectivity index (χ0) is 25.5. The summed E-state index contributed by atoms with van der Waals surface area (Å²) in [5, 5.41) is 3.76. The molecule has 182 valence electrons. The SMILES string of the molecule is CCOC(=O)c1ccc(NC(=O)C=C2SC(=Nc3ccc(Cl)cc3)N(Cc3ccccc3)C2=O)cc1. The van der Waals surface area contributed by atoms with Gasteiger partial charge in [-0.25, -0.2) is 9.79 Å². The minimum Gasteiger partial charge on any atom is -0.462 e. The van der Waals surface area contributed by atoms with Gasteiger partial charge in [0.1, 0.15) is 0 Å². The number of nitrogens with one attached hydrogen (secondary N) is 1. The van der Waals surface area contributed by atoms with Crippen LogP contribution in [0.2, 0.25) is 5.02 Å². The van der Waals surface area contributed by atoms with E-state index in [9.17, 15) is 14.4 Å². The van der Waals surface area contributed by atoms with E-state index in [1.807, 2.05) is 30.3 Å². The minimum atomic E-state index is -0.470. The van der Waals surface area contributed by atoms with Gasteiger partial charge in [-0.3, -0.25) is 14.5 Å². The first-order valence-corrected chi connectivity index (χ1v) is 12.3. The van der Waals surface area contributed by atoms with Crippen molar-refractivity contribution in [2.45, 2.75) is 13.5 Å². The Kier molecular flexibility index (Phi) is 8.20. The summed E-state index contributed by atoms with van der Waals surface area (Å²) in [5.74, 6) is -1.22. The summed E-state index contributed by atoms with van der Waals surface area (Å²) in [5.41, 5.74) is 2.44. The van der Waals surface area contributed by atoms with Gasteiger partial charge in [0.2, 0.25) is 5.91 Å². The smallest absolute Gasteiger partial charge is 0.338 e. The molecule has 1 heterocycles. The molecule has 2 amide bonds. The summed E-state index contributed by atoms with van der Waals surface area (Å²) >= 11 is 7.11. The number of anilines is 1. The number of rotatable bonds is 7. The van der Waals surface area contributed by atoms with Crippen molar-refractivity contribution in [3.05, 3.63) is 106 Å². The van der Waals surface area contributed by atoms with Crippen LogP contribution in [0.25, 0.3) is 0 Å². The van der Waals surface area contributed by atoms with Crippen LogP contribution in [0.4, 0.5) is 11.4 Å². The standard InChI is InChI=1S/C27H22ClN3O4S/c1-2-35-26(34)19-8-12-21(13-9-19)29-24(32)16-23-25(33)31(17-18-6-4-3-5-7-18)27(36-23)30-22-14-10-20(28)11-15-22/h3-16H,2,17H2,1H3,(H,29,32). The second kappa shape index (κ2) is 11.7. The first-order valence-electron chi connectivity index (χ1n) is 11.1. The molecule has 1 N–H and O–H groups in total. The highest BCUT2D eigenvalue weighted by atomic mass is 35.5. The van der Waals surface area contributed by atoms with Crippen LogP contribution in [-0.4, -0.2) is 34.5 Å². The Morgan fingerprint density at radius 2 is 1.72 bits per heavy atom. The van der Waals surface area contributed by atoms with Crippen molar-refractivity contribution in [3.63, 3.8) is 0 Å². The number of benzene rings is 3. The maximum Gasteiger partial charge on any atom is 0.338 e. The molecule has 0 saturated carbocycles. The van der Waals surface area contributed by atoms with E-state index in [4.69, 9.17) is 16.3 Å². The highest BCUT2D eigenvalue weighted by molar-refractivity contribution is 8.18. The number of hydrogen-bond donors (Lipinski definition) is 1. The lowest BCUT2D eigenvalue weighted by Gasteiger charge is -2.15. The van der Waals surface area contributed by atoms with Crippen LogP contribution in [0, 0.1) is 0 Å². The zero-order valence-corrected chi connectivity index (χ0v) is 20.9. The number of amidine groups is 1. The number of esters is 1. The number of thioether (sulfide) groups is 1. The number of hydrogen-bond acceptors (Lipinski definition) is 6. The van der Waals surface area contributed by atoms with Crippen molar-refractivity contribution >= 4 is 57.7 Å². The Morgan fingerprint density at radius 3 is 2.39 bits per heavy atom. The number of nitrogens with zero attached hydrogens (tertiary/aromatic N) is 2. The van der Waals surface area contributed by atoms with E-state index < -0.39 is 11.9 Å². The predicted molar refractivity (Wildman–Crippen MR) is 142 cm³/mol. The van der Waals surface area contributed by atoms with Gasteiger partial charge in [-0.15, -0.1) is 0 Å². The molecular formula is C27H22ClN3O4S. The Labute approximate surface area is 217 Å². The summed E-state index contributed by atoms with van der Waals surface area (Å²) < 4.78 is 4.96. The third-order valence-corrected chi connectivity index (χ3v) is 6.31. The molecule has 1 aliphatic rings. The third-order valence-electron chi connectivity index (χ3n) is 5.05. The Balaban J connectivity index is 1.54. The topological polar surface area (TPSA) is 88.1 Å². The normalized spacial score (nSPS) is 15.4. The summed E-state index contributed by atoms with van der Waals surface area (Å²) in [6.45, 7) is 2.32. The van der Waals surface area contributed by atoms with Crippen molar-refractivity contribution in [1.29, 1.82) is 0 Å². The molecule has 3 aromatic rings. The molecule has 0 radical (unpaired) electrons. The van der Waals surface area contributed by atoms with Gasteiger partial charge < -0.3 is 10.1 Å². The first kappa shape index (κ1) is 25.2. The molecule has 0 spiro atoms. The second-order valence-corrected chi connectivity index (χ2v) is 9.09. The van der Waals surface area contributed by atoms with Crippen molar-refractivity contribution < 1.29 is 19.1 Å². The fraction of sp³-hybridized carbons (Fsp3) is 0.111. The molecule has 0 aliphatic carbocycles. The van der Waals surface area contributed by atoms with Gasteiger partial charge in [0.05, 0.1) is 29.3 Å². The van der Waals surface area contributed by atoms with Crippen LogP contribution < -0.4 is 5.32 Å². The Morgan fingerprint density at radius 1 is 1.03 bits per heavy atom. The zero-order valence-electron chi connectivity index (χ0n) is 19.3. The lowest BCUT2D eigenvalue weighted by Crippen LogP contribution is -2.28. The number of aliphatic imine (C=N–C) groups is 1. The number of carbonyl (C=O) groups is 3.